The third kappa shape index (κ3) is 4.88. The number of hydrogen-bond donors (Lipinski definition) is 0. The van der Waals surface area contributed by atoms with Gasteiger partial charge < -0.3 is 4.90 Å². The SMILES string of the molecule is c1ccc(N(c2ccccc2)c2ccc3nc(-c4ccccc4-c4ccc5ccc6cccnc6c5n4)c4ccc5ccccc5c4c3c2)cc1. The summed E-state index contributed by atoms with van der Waals surface area (Å²) in [7, 11) is 0. The molecule has 3 heterocycles. The normalized spacial score (nSPS) is 11.5. The minimum Gasteiger partial charge on any atom is -0.310 e. The average molecular weight is 651 g/mol. The lowest BCUT2D eigenvalue weighted by molar-refractivity contribution is 1.29. The number of fused-ring (bicyclic) bond motifs is 8. The zero-order chi connectivity index (χ0) is 33.7. The Bertz CT molecular complexity index is 2880. The maximum Gasteiger partial charge on any atom is 0.0972 e. The summed E-state index contributed by atoms with van der Waals surface area (Å²) < 4.78 is 0. The smallest absolute Gasteiger partial charge is 0.0972 e. The van der Waals surface area contributed by atoms with E-state index in [4.69, 9.17) is 15.0 Å². The van der Waals surface area contributed by atoms with E-state index in [1.54, 1.807) is 0 Å². The fraction of sp³-hybridized carbons (Fsp3) is 0. The summed E-state index contributed by atoms with van der Waals surface area (Å²) in [6.07, 6.45) is 1.84. The lowest BCUT2D eigenvalue weighted by Gasteiger charge is -2.26. The van der Waals surface area contributed by atoms with E-state index in [2.05, 4.69) is 175 Å². The van der Waals surface area contributed by atoms with Crippen molar-refractivity contribution in [3.05, 3.63) is 182 Å². The number of para-hydroxylation sites is 2. The van der Waals surface area contributed by atoms with Crippen molar-refractivity contribution in [2.45, 2.75) is 0 Å². The number of benzene rings is 7. The zero-order valence-corrected chi connectivity index (χ0v) is 27.6. The fourth-order valence-electron chi connectivity index (χ4n) is 7.49. The molecule has 0 aliphatic heterocycles. The summed E-state index contributed by atoms with van der Waals surface area (Å²) in [5.41, 5.74) is 9.92. The Morgan fingerprint density at radius 3 is 1.84 bits per heavy atom. The summed E-state index contributed by atoms with van der Waals surface area (Å²) >= 11 is 0. The van der Waals surface area contributed by atoms with Crippen LogP contribution in [-0.4, -0.2) is 15.0 Å². The van der Waals surface area contributed by atoms with Crippen LogP contribution in [0.3, 0.4) is 0 Å². The van der Waals surface area contributed by atoms with Crippen LogP contribution in [0.4, 0.5) is 17.1 Å². The Morgan fingerprint density at radius 2 is 1.04 bits per heavy atom. The Morgan fingerprint density at radius 1 is 0.392 bits per heavy atom. The second kappa shape index (κ2) is 11.9. The molecular formula is C47H30N4. The molecule has 0 atom stereocenters. The lowest BCUT2D eigenvalue weighted by Crippen LogP contribution is -2.09. The van der Waals surface area contributed by atoms with Gasteiger partial charge in [0.05, 0.1) is 27.9 Å². The van der Waals surface area contributed by atoms with Crippen molar-refractivity contribution in [2.75, 3.05) is 4.90 Å². The molecular weight excluding hydrogens is 621 g/mol. The highest BCUT2D eigenvalue weighted by Crippen LogP contribution is 2.43. The van der Waals surface area contributed by atoms with Crippen molar-refractivity contribution in [3.8, 4) is 22.5 Å². The number of nitrogens with zero attached hydrogens (tertiary/aromatic N) is 4. The van der Waals surface area contributed by atoms with E-state index < -0.39 is 0 Å². The van der Waals surface area contributed by atoms with Gasteiger partial charge in [0.2, 0.25) is 0 Å². The van der Waals surface area contributed by atoms with Crippen LogP contribution >= 0.6 is 0 Å². The van der Waals surface area contributed by atoms with Crippen LogP contribution in [0, 0.1) is 0 Å². The van der Waals surface area contributed by atoms with Crippen molar-refractivity contribution in [2.24, 2.45) is 0 Å². The molecule has 0 radical (unpaired) electrons. The molecule has 0 amide bonds. The van der Waals surface area contributed by atoms with Gasteiger partial charge in [-0.05, 0) is 65.4 Å². The first-order chi connectivity index (χ1) is 25.3. The zero-order valence-electron chi connectivity index (χ0n) is 27.6. The third-order valence-corrected chi connectivity index (χ3v) is 9.84. The second-order valence-corrected chi connectivity index (χ2v) is 12.8. The standard InChI is InChI=1S/C47H30N4/c1-3-14-34(15-4-1)51(35-16-5-2-6-17-35)36-25-28-43-41(30-36)44-37-18-8-7-12-31(37)23-26-40(44)47(50-43)39-20-10-9-19-38(39)42-27-24-33-22-21-32-13-11-29-48-45(32)46(33)49-42/h1-30H. The number of hydrogen-bond acceptors (Lipinski definition) is 4. The third-order valence-electron chi connectivity index (χ3n) is 9.84. The Labute approximate surface area is 294 Å². The Kier molecular flexibility index (Phi) is 6.78. The minimum atomic E-state index is 0.892. The predicted octanol–water partition coefficient (Wildman–Crippen LogP) is 12.4. The number of pyridine rings is 3. The molecule has 0 unspecified atom stereocenters. The molecule has 0 saturated carbocycles. The van der Waals surface area contributed by atoms with Crippen LogP contribution in [0.5, 0.6) is 0 Å². The van der Waals surface area contributed by atoms with Crippen LogP contribution in [0.1, 0.15) is 0 Å². The van der Waals surface area contributed by atoms with Gasteiger partial charge in [-0.2, -0.15) is 0 Å². The van der Waals surface area contributed by atoms with E-state index in [-0.39, 0.29) is 0 Å². The van der Waals surface area contributed by atoms with Gasteiger partial charge in [-0.3, -0.25) is 4.98 Å². The van der Waals surface area contributed by atoms with Crippen molar-refractivity contribution in [1.29, 1.82) is 0 Å². The highest BCUT2D eigenvalue weighted by molar-refractivity contribution is 6.23. The maximum atomic E-state index is 5.47. The summed E-state index contributed by atoms with van der Waals surface area (Å²) in [6, 6.07) is 61.9. The monoisotopic (exact) mass is 650 g/mol. The van der Waals surface area contributed by atoms with Gasteiger partial charge in [0.25, 0.3) is 0 Å². The molecule has 4 heteroatoms. The van der Waals surface area contributed by atoms with Crippen LogP contribution in [0.15, 0.2) is 182 Å². The van der Waals surface area contributed by atoms with Gasteiger partial charge >= 0.3 is 0 Å². The van der Waals surface area contributed by atoms with Crippen molar-refractivity contribution in [3.63, 3.8) is 0 Å². The first-order valence-electron chi connectivity index (χ1n) is 17.2. The second-order valence-electron chi connectivity index (χ2n) is 12.8. The van der Waals surface area contributed by atoms with Gasteiger partial charge in [0.15, 0.2) is 0 Å². The Hall–Kier alpha value is -6.91. The number of aromatic nitrogens is 3. The molecule has 0 spiro atoms. The first kappa shape index (κ1) is 29.0. The van der Waals surface area contributed by atoms with E-state index in [0.717, 1.165) is 77.7 Å². The molecule has 10 rings (SSSR count). The van der Waals surface area contributed by atoms with E-state index in [1.165, 1.54) is 16.2 Å². The molecule has 7 aromatic carbocycles. The van der Waals surface area contributed by atoms with E-state index in [9.17, 15) is 0 Å². The first-order valence-corrected chi connectivity index (χ1v) is 17.2. The van der Waals surface area contributed by atoms with E-state index >= 15 is 0 Å². The maximum absolute atomic E-state index is 5.47. The summed E-state index contributed by atoms with van der Waals surface area (Å²) in [5, 5.41) is 7.94. The van der Waals surface area contributed by atoms with Gasteiger partial charge in [-0.25, -0.2) is 9.97 Å². The quantitative estimate of drug-likeness (QED) is 0.174. The van der Waals surface area contributed by atoms with Gasteiger partial charge in [-0.1, -0.05) is 121 Å². The largest absolute Gasteiger partial charge is 0.310 e. The molecule has 0 saturated heterocycles. The van der Waals surface area contributed by atoms with Gasteiger partial charge in [0.1, 0.15) is 0 Å². The van der Waals surface area contributed by atoms with Crippen molar-refractivity contribution >= 4 is 71.3 Å². The van der Waals surface area contributed by atoms with Crippen LogP contribution in [0.2, 0.25) is 0 Å². The Balaban J connectivity index is 1.23. The molecule has 51 heavy (non-hydrogen) atoms. The molecule has 4 nitrogen and oxygen atoms in total. The predicted molar refractivity (Wildman–Crippen MR) is 213 cm³/mol. The fourth-order valence-corrected chi connectivity index (χ4v) is 7.49. The molecule has 0 fully saturated rings. The highest BCUT2D eigenvalue weighted by atomic mass is 15.1. The molecule has 238 valence electrons. The van der Waals surface area contributed by atoms with Crippen LogP contribution in [-0.2, 0) is 0 Å². The highest BCUT2D eigenvalue weighted by Gasteiger charge is 2.19. The minimum absolute atomic E-state index is 0.892. The van der Waals surface area contributed by atoms with Crippen LogP contribution < -0.4 is 4.90 Å². The number of anilines is 3. The average Bonchev–Trinajstić information content (AvgIpc) is 3.21. The summed E-state index contributed by atoms with van der Waals surface area (Å²) in [4.78, 5) is 17.7. The van der Waals surface area contributed by atoms with Crippen LogP contribution in [0.25, 0.3) is 76.8 Å². The lowest BCUT2D eigenvalue weighted by atomic mass is 9.92. The molecule has 0 N–H and O–H groups in total. The van der Waals surface area contributed by atoms with Gasteiger partial charge in [0, 0.05) is 61.3 Å². The van der Waals surface area contributed by atoms with Gasteiger partial charge in [-0.15, -0.1) is 0 Å². The molecule has 0 aliphatic rings. The molecule has 3 aromatic heterocycles. The van der Waals surface area contributed by atoms with E-state index in [1.807, 2.05) is 12.3 Å². The summed E-state index contributed by atoms with van der Waals surface area (Å²) in [5.74, 6) is 0. The molecule has 0 aliphatic carbocycles. The van der Waals surface area contributed by atoms with E-state index in [0.29, 0.717) is 0 Å². The van der Waals surface area contributed by atoms with Crippen molar-refractivity contribution in [1.82, 2.24) is 15.0 Å². The summed E-state index contributed by atoms with van der Waals surface area (Å²) in [6.45, 7) is 0. The molecule has 10 aromatic rings. The van der Waals surface area contributed by atoms with Crippen molar-refractivity contribution < 1.29 is 0 Å². The topological polar surface area (TPSA) is 41.9 Å². The number of rotatable bonds is 5. The molecule has 0 bridgehead atoms.